The van der Waals surface area contributed by atoms with Gasteiger partial charge in [0, 0.05) is 0 Å². The zero-order valence-corrected chi connectivity index (χ0v) is 7.62. The van der Waals surface area contributed by atoms with Crippen LogP contribution in [0.25, 0.3) is 0 Å². The maximum atomic E-state index is 5.27. The fourth-order valence-corrected chi connectivity index (χ4v) is 1.27. The first-order valence-corrected chi connectivity index (χ1v) is 6.97. The Kier molecular flexibility index (Phi) is 15.9. The molecule has 0 aliphatic heterocycles. The van der Waals surface area contributed by atoms with Gasteiger partial charge < -0.3 is 5.48 Å². The number of hydrogen-bond acceptors (Lipinski definition) is 1. The van der Waals surface area contributed by atoms with Crippen LogP contribution in [0.15, 0.2) is 0 Å². The molecule has 0 aromatic rings. The third-order valence-corrected chi connectivity index (χ3v) is 2.39. The quantitative estimate of drug-likeness (QED) is 0.635. The number of halogens is 1. The van der Waals surface area contributed by atoms with E-state index >= 15 is 0 Å². The van der Waals surface area contributed by atoms with E-state index < -0.39 is 22.2 Å². The second-order valence-electron chi connectivity index (χ2n) is 0.544. The van der Waals surface area contributed by atoms with E-state index in [9.17, 15) is 0 Å². The van der Waals surface area contributed by atoms with Crippen LogP contribution in [0.3, 0.4) is 0 Å². The molecule has 0 heterocycles. The molecule has 0 rings (SSSR count). The smallest absolute Gasteiger partial charge is 0.412 e. The molecule has 0 unspecified atom stereocenters. The zero-order chi connectivity index (χ0) is 4.12. The molecule has 0 saturated heterocycles. The van der Waals surface area contributed by atoms with Crippen molar-refractivity contribution in [2.75, 3.05) is 6.61 Å². The van der Waals surface area contributed by atoms with Crippen molar-refractivity contribution in [1.29, 1.82) is 0 Å². The number of rotatable bonds is 2. The first kappa shape index (κ1) is 10.1. The Morgan fingerprint density at radius 1 is 1.83 bits per heavy atom. The molecule has 0 amide bonds. The minimum atomic E-state index is -0.956. The largest absolute Gasteiger partial charge is 0.412 e. The van der Waals surface area contributed by atoms with Gasteiger partial charge in [0.05, 0.1) is 0 Å². The normalized spacial score (nSPS) is 6.33. The van der Waals surface area contributed by atoms with Gasteiger partial charge in [0.1, 0.15) is 0 Å². The average Bonchev–Trinajstić information content (AvgIpc) is 1.41. The molecule has 0 atom stereocenters. The standard InChI is InChI=1S/C2H5O.ClH.In.H2O/c1-2-3;;;/h2H2,1H3;1H;;1H2/q-1;;+2;/p-1. The second kappa shape index (κ2) is 9.43. The van der Waals surface area contributed by atoms with E-state index in [1.54, 1.807) is 0 Å². The minimum absolute atomic E-state index is 0. The van der Waals surface area contributed by atoms with Crippen LogP contribution in [0, 0.1) is 0 Å². The van der Waals surface area contributed by atoms with Crippen LogP contribution in [-0.4, -0.2) is 34.2 Å². The Morgan fingerprint density at radius 2 is 2.33 bits per heavy atom. The molecule has 0 spiro atoms. The summed E-state index contributed by atoms with van der Waals surface area (Å²) in [6.45, 7) is 2.75. The molecule has 0 fully saturated rings. The Bertz CT molecular complexity index is 19.0. The summed E-state index contributed by atoms with van der Waals surface area (Å²) in [5, 5.41) is 0. The van der Waals surface area contributed by atoms with E-state index in [1.807, 2.05) is 6.92 Å². The fraction of sp³-hybridized carbons (Fsp3) is 1.00. The molecule has 0 aromatic heterocycles. The molecule has 6 heavy (non-hydrogen) atoms. The number of hydrogen-bond donors (Lipinski definition) is 0. The minimum Gasteiger partial charge on any atom is -0.412 e. The van der Waals surface area contributed by atoms with E-state index in [1.165, 1.54) is 0 Å². The van der Waals surface area contributed by atoms with E-state index in [4.69, 9.17) is 11.4 Å². The van der Waals surface area contributed by atoms with Crippen molar-refractivity contribution in [1.82, 2.24) is 0 Å². The van der Waals surface area contributed by atoms with Crippen LogP contribution in [0.4, 0.5) is 0 Å². The van der Waals surface area contributed by atoms with Crippen molar-refractivity contribution in [3.63, 3.8) is 0 Å². The van der Waals surface area contributed by atoms with E-state index in [2.05, 4.69) is 0 Å². The van der Waals surface area contributed by atoms with Crippen LogP contribution in [0.1, 0.15) is 6.92 Å². The molecule has 0 bridgehead atoms. The van der Waals surface area contributed by atoms with Gasteiger partial charge in [-0.3, -0.25) is 0 Å². The Labute approximate surface area is 52.7 Å². The monoisotopic (exact) mass is 213 g/mol. The molecule has 2 nitrogen and oxygen atoms in total. The summed E-state index contributed by atoms with van der Waals surface area (Å²) in [4.78, 5) is 0. The second-order valence-corrected chi connectivity index (χ2v) is 3.20. The Balaban J connectivity index is 0. The van der Waals surface area contributed by atoms with Gasteiger partial charge in [-0.05, 0) is 0 Å². The van der Waals surface area contributed by atoms with Gasteiger partial charge in [-0.15, -0.1) is 0 Å². The molecule has 37 valence electrons. The van der Waals surface area contributed by atoms with Gasteiger partial charge in [-0.2, -0.15) is 0 Å². The van der Waals surface area contributed by atoms with Crippen molar-refractivity contribution >= 4 is 30.7 Å². The molecular weight excluding hydrogens is 206 g/mol. The SMILES string of the molecule is CC[O][In][Cl].O. The van der Waals surface area contributed by atoms with Crippen molar-refractivity contribution in [2.45, 2.75) is 6.92 Å². The van der Waals surface area contributed by atoms with Crippen LogP contribution in [0.5, 0.6) is 0 Å². The summed E-state index contributed by atoms with van der Waals surface area (Å²) >= 11 is -0.956. The van der Waals surface area contributed by atoms with E-state index in [0.29, 0.717) is 0 Å². The third kappa shape index (κ3) is 8.91. The predicted molar refractivity (Wildman–Crippen MR) is 26.8 cm³/mol. The van der Waals surface area contributed by atoms with Crippen molar-refractivity contribution in [2.24, 2.45) is 0 Å². The molecule has 0 aliphatic rings. The van der Waals surface area contributed by atoms with E-state index in [-0.39, 0.29) is 5.48 Å². The fourth-order valence-electron chi connectivity index (χ4n) is 0.0630. The Hall–Kier alpha value is 1.08. The molecular formula is C2H7ClInO2. The topological polar surface area (TPSA) is 40.7 Å². The zero-order valence-electron chi connectivity index (χ0n) is 3.57. The molecule has 0 saturated carbocycles. The van der Waals surface area contributed by atoms with Crippen LogP contribution in [-0.2, 0) is 2.85 Å². The summed E-state index contributed by atoms with van der Waals surface area (Å²) in [5.74, 6) is 0. The average molecular weight is 213 g/mol. The van der Waals surface area contributed by atoms with Crippen LogP contribution >= 0.6 is 8.58 Å². The van der Waals surface area contributed by atoms with Gasteiger partial charge in [0.15, 0.2) is 0 Å². The van der Waals surface area contributed by atoms with Crippen molar-refractivity contribution < 1.29 is 8.33 Å². The van der Waals surface area contributed by atoms with Crippen molar-refractivity contribution in [3.8, 4) is 0 Å². The summed E-state index contributed by atoms with van der Waals surface area (Å²) in [6.07, 6.45) is 0. The Morgan fingerprint density at radius 3 is 2.33 bits per heavy atom. The van der Waals surface area contributed by atoms with E-state index in [0.717, 1.165) is 6.61 Å². The van der Waals surface area contributed by atoms with Gasteiger partial charge in [-0.1, -0.05) is 0 Å². The maximum absolute atomic E-state index is 5.27. The van der Waals surface area contributed by atoms with Gasteiger partial charge in [0.25, 0.3) is 0 Å². The molecule has 0 aromatic carbocycles. The molecule has 4 heteroatoms. The first-order valence-electron chi connectivity index (χ1n) is 1.45. The predicted octanol–water partition coefficient (Wildman–Crippen LogP) is -0.0288. The van der Waals surface area contributed by atoms with Crippen LogP contribution < -0.4 is 0 Å². The summed E-state index contributed by atoms with van der Waals surface area (Å²) < 4.78 is 4.79. The third-order valence-electron chi connectivity index (χ3n) is 0.230. The molecule has 1 radical (unpaired) electrons. The van der Waals surface area contributed by atoms with Crippen LogP contribution in [0.2, 0.25) is 0 Å². The van der Waals surface area contributed by atoms with Gasteiger partial charge in [0.2, 0.25) is 0 Å². The van der Waals surface area contributed by atoms with Gasteiger partial charge in [-0.25, -0.2) is 0 Å². The first-order chi connectivity index (χ1) is 2.41. The summed E-state index contributed by atoms with van der Waals surface area (Å²) in [5.41, 5.74) is 0. The molecule has 2 N–H and O–H groups in total. The summed E-state index contributed by atoms with van der Waals surface area (Å²) in [6, 6.07) is 0. The van der Waals surface area contributed by atoms with Gasteiger partial charge >= 0.3 is 47.1 Å². The summed E-state index contributed by atoms with van der Waals surface area (Å²) in [7, 11) is 5.27. The molecule has 0 aliphatic carbocycles. The maximum Gasteiger partial charge on any atom is -0.412 e. The van der Waals surface area contributed by atoms with Crippen molar-refractivity contribution in [3.05, 3.63) is 0 Å².